The van der Waals surface area contributed by atoms with Crippen molar-refractivity contribution in [2.75, 3.05) is 25.6 Å². The van der Waals surface area contributed by atoms with Crippen LogP contribution in [0.3, 0.4) is 0 Å². The Morgan fingerprint density at radius 3 is 2.80 bits per heavy atom. The molecule has 1 rings (SSSR count). The number of unbranched alkanes of at least 4 members (excludes halogenated alkanes) is 1. The number of nitrogens with zero attached hydrogens (tertiary/aromatic N) is 1. The zero-order valence-electron chi connectivity index (χ0n) is 13.1. The number of halogens is 1. The Bertz CT molecular complexity index is 341. The Kier molecular flexibility index (Phi) is 8.24. The summed E-state index contributed by atoms with van der Waals surface area (Å²) in [5.41, 5.74) is 2.51. The summed E-state index contributed by atoms with van der Waals surface area (Å²) in [6.07, 6.45) is 5.65. The second kappa shape index (κ2) is 9.41. The summed E-state index contributed by atoms with van der Waals surface area (Å²) in [5.74, 6) is 0.471. The van der Waals surface area contributed by atoms with Crippen LogP contribution in [0.15, 0.2) is 11.3 Å². The highest BCUT2D eigenvalue weighted by molar-refractivity contribution is 6.27. The van der Waals surface area contributed by atoms with Crippen molar-refractivity contribution in [3.8, 4) is 0 Å². The predicted octanol–water partition coefficient (Wildman–Crippen LogP) is 3.96. The molecule has 0 saturated heterocycles. The monoisotopic (exact) mass is 301 g/mol. The molecule has 0 bridgehead atoms. The summed E-state index contributed by atoms with van der Waals surface area (Å²) < 4.78 is 5.60. The molecule has 1 aliphatic carbocycles. The minimum Gasteiger partial charge on any atom is -0.380 e. The lowest BCUT2D eigenvalue weighted by atomic mass is 9.88. The summed E-state index contributed by atoms with van der Waals surface area (Å²) in [6.45, 7) is 8.46. The molecule has 4 heteroatoms. The minimum absolute atomic E-state index is 0.00569. The number of rotatable bonds is 8. The Balaban J connectivity index is 2.66. The van der Waals surface area contributed by atoms with Crippen molar-refractivity contribution in [1.29, 1.82) is 0 Å². The van der Waals surface area contributed by atoms with E-state index in [0.29, 0.717) is 19.1 Å². The summed E-state index contributed by atoms with van der Waals surface area (Å²) >= 11 is 5.77. The summed E-state index contributed by atoms with van der Waals surface area (Å²) in [7, 11) is 0. The predicted molar refractivity (Wildman–Crippen MR) is 83.9 cm³/mol. The average Bonchev–Trinajstić information content (AvgIpc) is 2.44. The molecule has 1 atom stereocenters. The largest absolute Gasteiger partial charge is 0.380 e. The summed E-state index contributed by atoms with van der Waals surface area (Å²) in [6, 6.07) is 0. The fourth-order valence-corrected chi connectivity index (χ4v) is 2.96. The Morgan fingerprint density at radius 2 is 2.20 bits per heavy atom. The first-order chi connectivity index (χ1) is 9.61. The normalized spacial score (nSPS) is 19.3. The molecule has 0 aliphatic heterocycles. The van der Waals surface area contributed by atoms with E-state index in [1.54, 1.807) is 0 Å². The fraction of sp³-hybridized carbons (Fsp3) is 0.812. The first kappa shape index (κ1) is 17.5. The average molecular weight is 302 g/mol. The molecule has 0 aromatic carbocycles. The number of alkyl halides is 1. The van der Waals surface area contributed by atoms with Crippen LogP contribution in [-0.2, 0) is 9.53 Å². The molecule has 20 heavy (non-hydrogen) atoms. The van der Waals surface area contributed by atoms with E-state index in [-0.39, 0.29) is 11.8 Å². The third kappa shape index (κ3) is 5.10. The van der Waals surface area contributed by atoms with Gasteiger partial charge in [0.25, 0.3) is 0 Å². The van der Waals surface area contributed by atoms with Crippen LogP contribution in [0.2, 0.25) is 0 Å². The van der Waals surface area contributed by atoms with Crippen molar-refractivity contribution in [3.05, 3.63) is 11.3 Å². The Labute approximate surface area is 128 Å². The molecule has 0 aromatic rings. The van der Waals surface area contributed by atoms with Gasteiger partial charge in [-0.25, -0.2) is 0 Å². The molecular formula is C16H28ClNO2. The van der Waals surface area contributed by atoms with Crippen LogP contribution in [0.5, 0.6) is 0 Å². The van der Waals surface area contributed by atoms with Gasteiger partial charge in [-0.1, -0.05) is 25.8 Å². The van der Waals surface area contributed by atoms with E-state index >= 15 is 0 Å². The highest BCUT2D eigenvalue weighted by Gasteiger charge is 2.26. The van der Waals surface area contributed by atoms with Crippen LogP contribution in [0.4, 0.5) is 0 Å². The van der Waals surface area contributed by atoms with Crippen LogP contribution < -0.4 is 0 Å². The van der Waals surface area contributed by atoms with Gasteiger partial charge in [0.1, 0.15) is 5.88 Å². The highest BCUT2D eigenvalue weighted by atomic mass is 35.5. The van der Waals surface area contributed by atoms with Crippen LogP contribution in [0, 0.1) is 5.92 Å². The second-order valence-corrected chi connectivity index (χ2v) is 5.87. The number of carbonyl (C=O) groups is 1. The first-order valence-corrected chi connectivity index (χ1v) is 8.29. The van der Waals surface area contributed by atoms with Crippen molar-refractivity contribution in [2.45, 2.75) is 52.9 Å². The van der Waals surface area contributed by atoms with Gasteiger partial charge in [-0.2, -0.15) is 0 Å². The van der Waals surface area contributed by atoms with Crippen molar-refractivity contribution >= 4 is 17.5 Å². The number of allylic oxidation sites excluding steroid dienone is 2. The van der Waals surface area contributed by atoms with Gasteiger partial charge < -0.3 is 9.64 Å². The van der Waals surface area contributed by atoms with Gasteiger partial charge >= 0.3 is 0 Å². The van der Waals surface area contributed by atoms with E-state index in [4.69, 9.17) is 16.3 Å². The van der Waals surface area contributed by atoms with Crippen LogP contribution >= 0.6 is 11.6 Å². The molecule has 0 heterocycles. The number of hydrogen-bond donors (Lipinski definition) is 0. The van der Waals surface area contributed by atoms with Gasteiger partial charge in [0, 0.05) is 18.8 Å². The zero-order valence-corrected chi connectivity index (χ0v) is 13.8. The maximum Gasteiger partial charge on any atom is 0.241 e. The highest BCUT2D eigenvalue weighted by Crippen LogP contribution is 2.32. The van der Waals surface area contributed by atoms with E-state index < -0.39 is 0 Å². The van der Waals surface area contributed by atoms with E-state index in [9.17, 15) is 4.79 Å². The van der Waals surface area contributed by atoms with Crippen molar-refractivity contribution < 1.29 is 9.53 Å². The third-order valence-corrected chi connectivity index (χ3v) is 4.13. The number of amides is 1. The smallest absolute Gasteiger partial charge is 0.241 e. The van der Waals surface area contributed by atoms with Gasteiger partial charge in [-0.05, 0) is 38.5 Å². The molecular weight excluding hydrogens is 274 g/mol. The molecule has 1 aliphatic rings. The SMILES string of the molecule is CCCCOCCN(C(=O)CCl)C1=C(C)CCCC1C. The molecule has 0 aromatic heterocycles. The van der Waals surface area contributed by atoms with E-state index in [1.807, 2.05) is 4.90 Å². The molecule has 0 spiro atoms. The van der Waals surface area contributed by atoms with Gasteiger partial charge in [0.2, 0.25) is 5.91 Å². The van der Waals surface area contributed by atoms with Crippen molar-refractivity contribution in [3.63, 3.8) is 0 Å². The van der Waals surface area contributed by atoms with Gasteiger partial charge in [-0.15, -0.1) is 11.6 Å². The van der Waals surface area contributed by atoms with E-state index in [2.05, 4.69) is 20.8 Å². The first-order valence-electron chi connectivity index (χ1n) is 7.75. The zero-order chi connectivity index (χ0) is 15.0. The van der Waals surface area contributed by atoms with Gasteiger partial charge in [0.05, 0.1) is 6.61 Å². The van der Waals surface area contributed by atoms with Crippen LogP contribution in [-0.4, -0.2) is 36.4 Å². The maximum atomic E-state index is 12.1. The Morgan fingerprint density at radius 1 is 1.45 bits per heavy atom. The number of carbonyl (C=O) groups excluding carboxylic acids is 1. The topological polar surface area (TPSA) is 29.5 Å². The standard InChI is InChI=1S/C16H28ClNO2/c1-4-5-10-20-11-9-18(15(19)12-17)16-13(2)7-6-8-14(16)3/h13H,4-12H2,1-3H3. The molecule has 1 amide bonds. The van der Waals surface area contributed by atoms with Gasteiger partial charge in [-0.3, -0.25) is 4.79 Å². The lowest BCUT2D eigenvalue weighted by Crippen LogP contribution is -2.38. The van der Waals surface area contributed by atoms with Crippen LogP contribution in [0.25, 0.3) is 0 Å². The molecule has 0 N–H and O–H groups in total. The second-order valence-electron chi connectivity index (χ2n) is 5.60. The molecule has 1 unspecified atom stereocenters. The fourth-order valence-electron chi connectivity index (χ4n) is 2.81. The lowest BCUT2D eigenvalue weighted by molar-refractivity contribution is -0.127. The molecule has 116 valence electrons. The molecule has 0 radical (unpaired) electrons. The quantitative estimate of drug-likeness (QED) is 0.501. The number of ether oxygens (including phenoxy) is 1. The third-order valence-electron chi connectivity index (χ3n) is 3.90. The van der Waals surface area contributed by atoms with Gasteiger partial charge in [0.15, 0.2) is 0 Å². The Hall–Kier alpha value is -0.540. The van der Waals surface area contributed by atoms with E-state index in [1.165, 1.54) is 17.7 Å². The van der Waals surface area contributed by atoms with Crippen LogP contribution in [0.1, 0.15) is 52.9 Å². The van der Waals surface area contributed by atoms with E-state index in [0.717, 1.165) is 32.3 Å². The molecule has 3 nitrogen and oxygen atoms in total. The molecule has 0 fully saturated rings. The summed E-state index contributed by atoms with van der Waals surface area (Å²) in [5, 5.41) is 0. The minimum atomic E-state index is -0.00569. The maximum absolute atomic E-state index is 12.1. The lowest BCUT2D eigenvalue weighted by Gasteiger charge is -2.33. The van der Waals surface area contributed by atoms with Crippen molar-refractivity contribution in [1.82, 2.24) is 4.90 Å². The number of hydrogen-bond acceptors (Lipinski definition) is 2. The van der Waals surface area contributed by atoms with Crippen molar-refractivity contribution in [2.24, 2.45) is 5.92 Å². The summed E-state index contributed by atoms with van der Waals surface area (Å²) in [4.78, 5) is 14.0. The molecule has 0 saturated carbocycles.